The van der Waals surface area contributed by atoms with Crippen molar-refractivity contribution in [3.8, 4) is 44.8 Å². The number of nitrogens with zero attached hydrogens (tertiary/aromatic N) is 2. The number of aromatic nitrogens is 2. The molecule has 2 aromatic heterocycles. The van der Waals surface area contributed by atoms with Gasteiger partial charge in [0.1, 0.15) is 0 Å². The lowest BCUT2D eigenvalue weighted by Crippen LogP contribution is -1.96. The zero-order valence-electron chi connectivity index (χ0n) is 27.9. The highest BCUT2D eigenvalue weighted by molar-refractivity contribution is 6.12. The molecule has 0 N–H and O–H groups in total. The van der Waals surface area contributed by atoms with E-state index < -0.39 is 0 Å². The van der Waals surface area contributed by atoms with Crippen molar-refractivity contribution in [2.75, 3.05) is 0 Å². The zero-order valence-corrected chi connectivity index (χ0v) is 27.9. The molecule has 2 nitrogen and oxygen atoms in total. The van der Waals surface area contributed by atoms with Crippen LogP contribution in [0.15, 0.2) is 182 Å². The van der Waals surface area contributed by atoms with E-state index in [0.717, 1.165) is 12.1 Å². The molecule has 238 valence electrons. The third kappa shape index (κ3) is 4.30. The minimum Gasteiger partial charge on any atom is -0.309 e. The topological polar surface area (TPSA) is 9.86 Å². The Labute approximate surface area is 296 Å². The Morgan fingerprint density at radius 1 is 0.294 bits per heavy atom. The van der Waals surface area contributed by atoms with Gasteiger partial charge in [0.15, 0.2) is 0 Å². The summed E-state index contributed by atoms with van der Waals surface area (Å²) in [5.41, 5.74) is 17.6. The molecule has 2 heterocycles. The Balaban J connectivity index is 1.03. The second-order valence-corrected chi connectivity index (χ2v) is 13.8. The lowest BCUT2D eigenvalue weighted by Gasteiger charge is -2.12. The van der Waals surface area contributed by atoms with E-state index >= 15 is 0 Å². The fourth-order valence-corrected chi connectivity index (χ4v) is 8.59. The summed E-state index contributed by atoms with van der Waals surface area (Å²) in [6.07, 6.45) is 1.02. The molecule has 2 heteroatoms. The summed E-state index contributed by atoms with van der Waals surface area (Å²) in [4.78, 5) is 0. The summed E-state index contributed by atoms with van der Waals surface area (Å²) < 4.78 is 4.83. The molecule has 0 saturated carbocycles. The number of hydrogen-bond acceptors (Lipinski definition) is 0. The Kier molecular flexibility index (Phi) is 6.05. The van der Waals surface area contributed by atoms with E-state index in [0.29, 0.717) is 0 Å². The molecule has 1 aliphatic rings. The maximum Gasteiger partial charge on any atom is 0.0542 e. The Hall–Kier alpha value is -6.64. The Morgan fingerprint density at radius 3 is 1.51 bits per heavy atom. The van der Waals surface area contributed by atoms with Crippen molar-refractivity contribution in [1.29, 1.82) is 0 Å². The normalized spacial score (nSPS) is 12.2. The summed E-state index contributed by atoms with van der Waals surface area (Å²) in [5.74, 6) is 0. The summed E-state index contributed by atoms with van der Waals surface area (Å²) in [6.45, 7) is 0. The second-order valence-electron chi connectivity index (χ2n) is 13.8. The molecule has 8 aromatic carbocycles. The molecule has 0 spiro atoms. The predicted octanol–water partition coefficient (Wildman–Crippen LogP) is 12.8. The van der Waals surface area contributed by atoms with Gasteiger partial charge >= 0.3 is 0 Å². The molecular weight excluding hydrogens is 617 g/mol. The van der Waals surface area contributed by atoms with Gasteiger partial charge in [0.05, 0.1) is 22.1 Å². The van der Waals surface area contributed by atoms with Crippen LogP contribution in [0.25, 0.3) is 88.4 Å². The second kappa shape index (κ2) is 10.9. The minimum atomic E-state index is 1.02. The third-order valence-electron chi connectivity index (χ3n) is 10.9. The smallest absolute Gasteiger partial charge is 0.0542 e. The fraction of sp³-hybridized carbons (Fsp3) is 0.0204. The third-order valence-corrected chi connectivity index (χ3v) is 10.9. The van der Waals surface area contributed by atoms with E-state index in [1.54, 1.807) is 0 Å². The monoisotopic (exact) mass is 648 g/mol. The van der Waals surface area contributed by atoms with Crippen molar-refractivity contribution < 1.29 is 0 Å². The van der Waals surface area contributed by atoms with Gasteiger partial charge in [-0.15, -0.1) is 0 Å². The fourth-order valence-electron chi connectivity index (χ4n) is 8.59. The molecule has 0 unspecified atom stereocenters. The van der Waals surface area contributed by atoms with E-state index in [1.165, 1.54) is 93.8 Å². The number of para-hydroxylation sites is 3. The van der Waals surface area contributed by atoms with Crippen LogP contribution in [0.3, 0.4) is 0 Å². The molecule has 0 atom stereocenters. The molecule has 1 aliphatic carbocycles. The molecule has 0 amide bonds. The van der Waals surface area contributed by atoms with Crippen molar-refractivity contribution in [3.05, 3.63) is 193 Å². The van der Waals surface area contributed by atoms with Gasteiger partial charge in [-0.3, -0.25) is 0 Å². The van der Waals surface area contributed by atoms with E-state index in [4.69, 9.17) is 0 Å². The largest absolute Gasteiger partial charge is 0.309 e. The Morgan fingerprint density at radius 2 is 0.804 bits per heavy atom. The van der Waals surface area contributed by atoms with E-state index in [1.807, 2.05) is 0 Å². The van der Waals surface area contributed by atoms with Crippen LogP contribution in [0, 0.1) is 0 Å². The molecular formula is C49H32N2. The maximum absolute atomic E-state index is 2.42. The molecule has 0 aliphatic heterocycles. The summed E-state index contributed by atoms with van der Waals surface area (Å²) in [5, 5.41) is 5.05. The van der Waals surface area contributed by atoms with Gasteiger partial charge in [-0.2, -0.15) is 0 Å². The van der Waals surface area contributed by atoms with Crippen LogP contribution in [0.1, 0.15) is 11.1 Å². The number of benzene rings is 8. The molecule has 0 radical (unpaired) electrons. The zero-order chi connectivity index (χ0) is 33.5. The Bertz CT molecular complexity index is 2960. The number of hydrogen-bond donors (Lipinski definition) is 0. The van der Waals surface area contributed by atoms with Gasteiger partial charge in [0, 0.05) is 32.9 Å². The molecule has 10 aromatic rings. The summed E-state index contributed by atoms with van der Waals surface area (Å²) in [7, 11) is 0. The predicted molar refractivity (Wildman–Crippen MR) is 214 cm³/mol. The van der Waals surface area contributed by atoms with Gasteiger partial charge < -0.3 is 9.13 Å². The van der Waals surface area contributed by atoms with Crippen molar-refractivity contribution in [2.45, 2.75) is 6.42 Å². The van der Waals surface area contributed by atoms with Crippen LogP contribution in [0.4, 0.5) is 0 Å². The summed E-state index contributed by atoms with van der Waals surface area (Å²) >= 11 is 0. The van der Waals surface area contributed by atoms with Crippen LogP contribution in [0.2, 0.25) is 0 Å². The van der Waals surface area contributed by atoms with Gasteiger partial charge in [0.25, 0.3) is 0 Å². The number of fused-ring (bicyclic) bond motifs is 9. The van der Waals surface area contributed by atoms with Gasteiger partial charge in [-0.25, -0.2) is 0 Å². The standard InChI is InChI=1S/C49H32N2/c1-2-16-40-36(11-1)28-37-24-23-35(30-44(37)40)33-13-9-12-32(27-33)34-14-10-15-38(29-34)50-48-22-8-5-19-43(48)45-31-39(25-26-49(45)50)51-46-20-6-3-17-41(46)42-18-4-7-21-47(42)51/h1-27,29-31H,28H2. The van der Waals surface area contributed by atoms with Crippen molar-refractivity contribution in [1.82, 2.24) is 9.13 Å². The van der Waals surface area contributed by atoms with Crippen LogP contribution in [0.5, 0.6) is 0 Å². The molecule has 51 heavy (non-hydrogen) atoms. The van der Waals surface area contributed by atoms with Crippen LogP contribution in [-0.2, 0) is 6.42 Å². The van der Waals surface area contributed by atoms with E-state index in [2.05, 4.69) is 191 Å². The average Bonchev–Trinajstić information content (AvgIpc) is 3.85. The van der Waals surface area contributed by atoms with Crippen molar-refractivity contribution >= 4 is 43.6 Å². The van der Waals surface area contributed by atoms with E-state index in [9.17, 15) is 0 Å². The highest BCUT2D eigenvalue weighted by Gasteiger charge is 2.19. The lowest BCUT2D eigenvalue weighted by atomic mass is 9.96. The molecule has 11 rings (SSSR count). The molecule has 0 fully saturated rings. The number of rotatable bonds is 4. The van der Waals surface area contributed by atoms with Crippen molar-refractivity contribution in [2.24, 2.45) is 0 Å². The lowest BCUT2D eigenvalue weighted by molar-refractivity contribution is 1.17. The quantitative estimate of drug-likeness (QED) is 0.180. The van der Waals surface area contributed by atoms with E-state index in [-0.39, 0.29) is 0 Å². The first kappa shape index (κ1) is 28.2. The van der Waals surface area contributed by atoms with Gasteiger partial charge in [-0.05, 0) is 112 Å². The first-order valence-electron chi connectivity index (χ1n) is 17.7. The van der Waals surface area contributed by atoms with Crippen LogP contribution < -0.4 is 0 Å². The highest BCUT2D eigenvalue weighted by Crippen LogP contribution is 2.40. The van der Waals surface area contributed by atoms with Crippen LogP contribution >= 0.6 is 0 Å². The molecule has 0 bridgehead atoms. The highest BCUT2D eigenvalue weighted by atomic mass is 15.0. The summed E-state index contributed by atoms with van der Waals surface area (Å²) in [6, 6.07) is 67.0. The van der Waals surface area contributed by atoms with Gasteiger partial charge in [0.2, 0.25) is 0 Å². The first-order valence-corrected chi connectivity index (χ1v) is 17.7. The maximum atomic E-state index is 2.42. The molecule has 0 saturated heterocycles. The van der Waals surface area contributed by atoms with Crippen LogP contribution in [-0.4, -0.2) is 9.13 Å². The van der Waals surface area contributed by atoms with Gasteiger partial charge in [-0.1, -0.05) is 121 Å². The minimum absolute atomic E-state index is 1.02. The first-order chi connectivity index (χ1) is 25.3. The average molecular weight is 649 g/mol. The SMILES string of the molecule is c1cc(-c2cccc(-n3c4ccccc4c4cc(-n5c6ccccc6c6ccccc65)ccc43)c2)cc(-c2ccc3c(c2)-c2ccccc2C3)c1. The van der Waals surface area contributed by atoms with Crippen molar-refractivity contribution in [3.63, 3.8) is 0 Å².